The Morgan fingerprint density at radius 2 is 1.56 bits per heavy atom. The van der Waals surface area contributed by atoms with Crippen molar-refractivity contribution in [3.05, 3.63) is 88.9 Å². The fraction of sp³-hybridized carbons (Fsp3) is 0. The van der Waals surface area contributed by atoms with Crippen molar-refractivity contribution in [1.29, 1.82) is 0 Å². The Labute approximate surface area is 153 Å². The van der Waals surface area contributed by atoms with Crippen molar-refractivity contribution in [2.24, 2.45) is 0 Å². The largest absolute Gasteiger partial charge is 0.450 e. The van der Waals surface area contributed by atoms with Gasteiger partial charge in [0.1, 0.15) is 5.76 Å². The molecule has 0 saturated heterocycles. The molecule has 0 N–H and O–H groups in total. The van der Waals surface area contributed by atoms with Crippen molar-refractivity contribution in [2.45, 2.75) is 0 Å². The van der Waals surface area contributed by atoms with E-state index in [9.17, 15) is 0 Å². The smallest absolute Gasteiger partial charge is 0.226 e. The fourth-order valence-electron chi connectivity index (χ4n) is 2.48. The van der Waals surface area contributed by atoms with E-state index in [0.717, 1.165) is 32.9 Å². The molecule has 0 fully saturated rings. The minimum Gasteiger partial charge on any atom is -0.450 e. The van der Waals surface area contributed by atoms with Crippen LogP contribution in [-0.4, -0.2) is 4.98 Å². The first kappa shape index (κ1) is 15.7. The third-order valence-corrected chi connectivity index (χ3v) is 4.18. The maximum absolute atomic E-state index is 5.88. The molecule has 2 aromatic carbocycles. The zero-order chi connectivity index (χ0) is 17.1. The Hall–Kier alpha value is -2.85. The van der Waals surface area contributed by atoms with Crippen LogP contribution in [0, 0.1) is 0 Å². The number of hydrogen-bond acceptors (Lipinski definition) is 3. The van der Waals surface area contributed by atoms with Crippen molar-refractivity contribution in [2.75, 3.05) is 0 Å². The molecular weight excluding hydrogens is 378 g/mol. The molecule has 3 nitrogen and oxygen atoms in total. The molecule has 0 radical (unpaired) electrons. The molecule has 0 aliphatic heterocycles. The fourth-order valence-corrected chi connectivity index (χ4v) is 2.80. The van der Waals surface area contributed by atoms with Crippen LogP contribution in [0.5, 0.6) is 0 Å². The summed E-state index contributed by atoms with van der Waals surface area (Å²) in [6.45, 7) is 0. The lowest BCUT2D eigenvalue weighted by atomic mass is 10.1. The Bertz CT molecular complexity index is 998. The predicted molar refractivity (Wildman–Crippen MR) is 103 cm³/mol. The van der Waals surface area contributed by atoms with E-state index in [0.29, 0.717) is 5.89 Å². The van der Waals surface area contributed by atoms with Crippen LogP contribution >= 0.6 is 15.9 Å². The van der Waals surface area contributed by atoms with Crippen LogP contribution in [0.1, 0.15) is 11.3 Å². The second-order valence-electron chi connectivity index (χ2n) is 5.49. The highest BCUT2D eigenvalue weighted by molar-refractivity contribution is 9.10. The normalized spacial score (nSPS) is 11.2. The first-order chi connectivity index (χ1) is 12.3. The summed E-state index contributed by atoms with van der Waals surface area (Å²) >= 11 is 3.29. The summed E-state index contributed by atoms with van der Waals surface area (Å²) in [5.41, 5.74) is 3.04. The number of hydrogen-bond donors (Lipinski definition) is 0. The van der Waals surface area contributed by atoms with Crippen molar-refractivity contribution < 1.29 is 8.83 Å². The van der Waals surface area contributed by atoms with Crippen molar-refractivity contribution in [3.63, 3.8) is 0 Å². The molecule has 0 unspecified atom stereocenters. The lowest BCUT2D eigenvalue weighted by Gasteiger charge is -1.98. The zero-order valence-corrected chi connectivity index (χ0v) is 14.8. The second kappa shape index (κ2) is 6.95. The lowest BCUT2D eigenvalue weighted by molar-refractivity contribution is 0.532. The monoisotopic (exact) mass is 391 g/mol. The van der Waals surface area contributed by atoms with Crippen LogP contribution in [0.2, 0.25) is 0 Å². The number of aromatic nitrogens is 1. The van der Waals surface area contributed by atoms with Gasteiger partial charge in [0, 0.05) is 11.1 Å². The van der Waals surface area contributed by atoms with Gasteiger partial charge in [-0.1, -0.05) is 48.5 Å². The molecule has 0 amide bonds. The van der Waals surface area contributed by atoms with E-state index in [2.05, 4.69) is 20.9 Å². The topological polar surface area (TPSA) is 39.2 Å². The van der Waals surface area contributed by atoms with Gasteiger partial charge >= 0.3 is 0 Å². The van der Waals surface area contributed by atoms with Gasteiger partial charge in [0.25, 0.3) is 0 Å². The lowest BCUT2D eigenvalue weighted by Crippen LogP contribution is -1.77. The third kappa shape index (κ3) is 3.64. The molecule has 0 atom stereocenters. The first-order valence-corrected chi connectivity index (χ1v) is 8.62. The Kier molecular flexibility index (Phi) is 4.36. The van der Waals surface area contributed by atoms with Gasteiger partial charge < -0.3 is 8.83 Å². The minimum atomic E-state index is 0.615. The molecule has 2 aromatic heterocycles. The molecule has 4 aromatic rings. The van der Waals surface area contributed by atoms with E-state index >= 15 is 0 Å². The first-order valence-electron chi connectivity index (χ1n) is 7.83. The van der Waals surface area contributed by atoms with E-state index < -0.39 is 0 Å². The molecule has 0 bridgehead atoms. The third-order valence-electron chi connectivity index (χ3n) is 3.76. The summed E-state index contributed by atoms with van der Waals surface area (Å²) in [6.07, 6.45) is 5.69. The van der Waals surface area contributed by atoms with E-state index in [1.54, 1.807) is 6.20 Å². The van der Waals surface area contributed by atoms with Gasteiger partial charge in [0.2, 0.25) is 5.89 Å². The van der Waals surface area contributed by atoms with Crippen LogP contribution < -0.4 is 0 Å². The molecule has 0 saturated carbocycles. The quantitative estimate of drug-likeness (QED) is 0.396. The minimum absolute atomic E-state index is 0.615. The zero-order valence-electron chi connectivity index (χ0n) is 13.2. The van der Waals surface area contributed by atoms with Crippen molar-refractivity contribution in [3.8, 4) is 22.8 Å². The number of furan rings is 1. The Morgan fingerprint density at radius 3 is 2.28 bits per heavy atom. The van der Waals surface area contributed by atoms with Crippen LogP contribution in [0.25, 0.3) is 34.9 Å². The summed E-state index contributed by atoms with van der Waals surface area (Å²) in [7, 11) is 0. The molecular formula is C21H14BrNO2. The molecule has 0 aliphatic carbocycles. The maximum Gasteiger partial charge on any atom is 0.226 e. The second-order valence-corrected chi connectivity index (χ2v) is 6.27. The predicted octanol–water partition coefficient (Wildman–Crippen LogP) is 6.53. The van der Waals surface area contributed by atoms with E-state index in [4.69, 9.17) is 8.83 Å². The maximum atomic E-state index is 5.88. The van der Waals surface area contributed by atoms with Crippen molar-refractivity contribution >= 4 is 28.1 Å². The van der Waals surface area contributed by atoms with Gasteiger partial charge in [0.05, 0.1) is 6.20 Å². The van der Waals surface area contributed by atoms with Gasteiger partial charge in [-0.25, -0.2) is 4.98 Å². The molecule has 4 heteroatoms. The molecule has 0 spiro atoms. The number of nitrogens with zero attached hydrogens (tertiary/aromatic N) is 1. The molecule has 25 heavy (non-hydrogen) atoms. The number of halogens is 1. The highest BCUT2D eigenvalue weighted by atomic mass is 79.9. The van der Waals surface area contributed by atoms with Gasteiger partial charge in [-0.05, 0) is 51.8 Å². The summed E-state index contributed by atoms with van der Waals surface area (Å²) < 4.78 is 12.0. The molecule has 2 heterocycles. The Balaban J connectivity index is 1.52. The highest BCUT2D eigenvalue weighted by Crippen LogP contribution is 2.26. The van der Waals surface area contributed by atoms with E-state index in [1.807, 2.05) is 78.9 Å². The molecule has 122 valence electrons. The van der Waals surface area contributed by atoms with Crippen LogP contribution in [-0.2, 0) is 0 Å². The van der Waals surface area contributed by atoms with Crippen LogP contribution in [0.4, 0.5) is 0 Å². The van der Waals surface area contributed by atoms with Crippen LogP contribution in [0.3, 0.4) is 0 Å². The van der Waals surface area contributed by atoms with Gasteiger partial charge in [0.15, 0.2) is 10.4 Å². The average molecular weight is 392 g/mol. The SMILES string of the molecule is Brc1ccc(C=Cc2ccc(-c3ncc(-c4ccccc4)o3)cc2)o1. The Morgan fingerprint density at radius 1 is 0.760 bits per heavy atom. The number of rotatable bonds is 4. The van der Waals surface area contributed by atoms with Crippen LogP contribution in [0.15, 0.2) is 86.4 Å². The molecule has 4 rings (SSSR count). The van der Waals surface area contributed by atoms with Gasteiger partial charge in [-0.2, -0.15) is 0 Å². The highest BCUT2D eigenvalue weighted by Gasteiger charge is 2.08. The number of oxazole rings is 1. The summed E-state index contributed by atoms with van der Waals surface area (Å²) in [4.78, 5) is 4.38. The summed E-state index contributed by atoms with van der Waals surface area (Å²) in [5, 5.41) is 0. The van der Waals surface area contributed by atoms with Gasteiger partial charge in [-0.3, -0.25) is 0 Å². The average Bonchev–Trinajstić information content (AvgIpc) is 3.30. The number of benzene rings is 2. The molecule has 0 aliphatic rings. The standard InChI is InChI=1S/C21H14BrNO2/c22-20-13-12-18(24-20)11-8-15-6-9-17(10-7-15)21-23-14-19(25-21)16-4-2-1-3-5-16/h1-14H. The van der Waals surface area contributed by atoms with E-state index in [1.165, 1.54) is 0 Å². The van der Waals surface area contributed by atoms with E-state index in [-0.39, 0.29) is 0 Å². The summed E-state index contributed by atoms with van der Waals surface area (Å²) in [6, 6.07) is 21.8. The van der Waals surface area contributed by atoms with Gasteiger partial charge in [-0.15, -0.1) is 0 Å². The summed E-state index contributed by atoms with van der Waals surface area (Å²) in [5.74, 6) is 2.18. The van der Waals surface area contributed by atoms with Crippen molar-refractivity contribution in [1.82, 2.24) is 4.98 Å².